The van der Waals surface area contributed by atoms with Crippen LogP contribution in [0.3, 0.4) is 0 Å². The molecular weight excluding hydrogens is 466 g/mol. The van der Waals surface area contributed by atoms with E-state index >= 15 is 0 Å². The number of anilines is 1. The number of thiazole rings is 1. The number of fused-ring (bicyclic) bond motifs is 1. The van der Waals surface area contributed by atoms with E-state index in [1.807, 2.05) is 18.2 Å². The molecule has 0 atom stereocenters. The molecule has 0 N–H and O–H groups in total. The summed E-state index contributed by atoms with van der Waals surface area (Å²) in [5.41, 5.74) is 4.86. The SMILES string of the molecule is Cc1cc2nc(N(Cc3cccnc3)C(=O)Cc3ccc(S(=O)(=O)C(C)C)cc3)sc2cc1C. The zero-order valence-electron chi connectivity index (χ0n) is 19.6. The fourth-order valence-corrected chi connectivity index (χ4v) is 5.68. The molecule has 2 aromatic heterocycles. The summed E-state index contributed by atoms with van der Waals surface area (Å²) in [5, 5.41) is 0.133. The molecule has 4 rings (SSSR count). The Balaban J connectivity index is 1.64. The Morgan fingerprint density at radius 2 is 1.74 bits per heavy atom. The third kappa shape index (κ3) is 5.03. The maximum atomic E-state index is 13.5. The second-order valence-corrected chi connectivity index (χ2v) is 12.2. The molecule has 0 aliphatic heterocycles. The van der Waals surface area contributed by atoms with Crippen molar-refractivity contribution in [3.05, 3.63) is 83.2 Å². The summed E-state index contributed by atoms with van der Waals surface area (Å²) in [6.07, 6.45) is 3.58. The van der Waals surface area contributed by atoms with Gasteiger partial charge in [-0.1, -0.05) is 29.5 Å². The lowest BCUT2D eigenvalue weighted by molar-refractivity contribution is -0.118. The van der Waals surface area contributed by atoms with Crippen molar-refractivity contribution in [3.8, 4) is 0 Å². The zero-order chi connectivity index (χ0) is 24.5. The Kier molecular flexibility index (Phi) is 6.81. The van der Waals surface area contributed by atoms with E-state index in [-0.39, 0.29) is 17.2 Å². The van der Waals surface area contributed by atoms with Gasteiger partial charge in [-0.25, -0.2) is 13.4 Å². The molecule has 8 heteroatoms. The molecule has 0 aliphatic rings. The van der Waals surface area contributed by atoms with Crippen LogP contribution in [0.1, 0.15) is 36.1 Å². The van der Waals surface area contributed by atoms with Crippen molar-refractivity contribution in [2.45, 2.75) is 50.8 Å². The summed E-state index contributed by atoms with van der Waals surface area (Å²) in [7, 11) is -3.35. The number of hydrogen-bond acceptors (Lipinski definition) is 6. The number of carbonyl (C=O) groups is 1. The van der Waals surface area contributed by atoms with Crippen molar-refractivity contribution >= 4 is 42.4 Å². The molecule has 0 unspecified atom stereocenters. The predicted octanol–water partition coefficient (Wildman–Crippen LogP) is 5.27. The fraction of sp³-hybridized carbons (Fsp3) is 0.269. The van der Waals surface area contributed by atoms with Crippen molar-refractivity contribution in [2.24, 2.45) is 0 Å². The standard InChI is InChI=1S/C26H27N3O3S2/c1-17(2)34(31,32)22-9-7-20(8-10-22)14-25(30)29(16-21-6-5-11-27-15-21)26-28-23-12-18(3)19(4)13-24(23)33-26/h5-13,15,17H,14,16H2,1-4H3. The summed E-state index contributed by atoms with van der Waals surface area (Å²) < 4.78 is 25.8. The van der Waals surface area contributed by atoms with E-state index in [2.05, 4.69) is 24.9 Å². The number of amides is 1. The van der Waals surface area contributed by atoms with Crippen molar-refractivity contribution in [1.82, 2.24) is 9.97 Å². The van der Waals surface area contributed by atoms with Crippen LogP contribution in [0, 0.1) is 13.8 Å². The average Bonchev–Trinajstić information content (AvgIpc) is 3.20. The van der Waals surface area contributed by atoms with E-state index < -0.39 is 15.1 Å². The maximum Gasteiger partial charge on any atom is 0.233 e. The predicted molar refractivity (Wildman–Crippen MR) is 137 cm³/mol. The average molecular weight is 494 g/mol. The van der Waals surface area contributed by atoms with Crippen molar-refractivity contribution < 1.29 is 13.2 Å². The molecule has 1 amide bonds. The summed E-state index contributed by atoms with van der Waals surface area (Å²) in [4.78, 5) is 24.4. The molecule has 176 valence electrons. The molecule has 6 nitrogen and oxygen atoms in total. The van der Waals surface area contributed by atoms with Crippen LogP contribution in [0.4, 0.5) is 5.13 Å². The summed E-state index contributed by atoms with van der Waals surface area (Å²) in [6.45, 7) is 7.78. The van der Waals surface area contributed by atoms with Crippen LogP contribution in [0.5, 0.6) is 0 Å². The Morgan fingerprint density at radius 1 is 1.03 bits per heavy atom. The van der Waals surface area contributed by atoms with Gasteiger partial charge in [-0.3, -0.25) is 14.7 Å². The van der Waals surface area contributed by atoms with Gasteiger partial charge in [0.2, 0.25) is 5.91 Å². The minimum atomic E-state index is -3.35. The number of aromatic nitrogens is 2. The Hall–Kier alpha value is -3.10. The van der Waals surface area contributed by atoms with Crippen molar-refractivity contribution in [1.29, 1.82) is 0 Å². The van der Waals surface area contributed by atoms with E-state index in [9.17, 15) is 13.2 Å². The summed E-state index contributed by atoms with van der Waals surface area (Å²) >= 11 is 1.49. The molecule has 4 aromatic rings. The first kappa shape index (κ1) is 24.0. The smallest absolute Gasteiger partial charge is 0.233 e. The van der Waals surface area contributed by atoms with Crippen LogP contribution in [-0.4, -0.2) is 29.5 Å². The van der Waals surface area contributed by atoms with Crippen LogP contribution in [0.2, 0.25) is 0 Å². The lowest BCUT2D eigenvalue weighted by atomic mass is 10.1. The molecule has 0 saturated heterocycles. The summed E-state index contributed by atoms with van der Waals surface area (Å²) in [5.74, 6) is -0.115. The van der Waals surface area contributed by atoms with Gasteiger partial charge in [0.25, 0.3) is 0 Å². The highest BCUT2D eigenvalue weighted by molar-refractivity contribution is 7.92. The van der Waals surface area contributed by atoms with Gasteiger partial charge in [0.05, 0.1) is 33.3 Å². The van der Waals surface area contributed by atoms with Crippen LogP contribution in [-0.2, 0) is 27.6 Å². The van der Waals surface area contributed by atoms with E-state index in [1.165, 1.54) is 16.9 Å². The largest absolute Gasteiger partial charge is 0.283 e. The Labute approximate surface area is 204 Å². The van der Waals surface area contributed by atoms with E-state index in [0.29, 0.717) is 11.7 Å². The van der Waals surface area contributed by atoms with Gasteiger partial charge in [-0.15, -0.1) is 0 Å². The molecule has 0 spiro atoms. The quantitative estimate of drug-likeness (QED) is 0.351. The first-order valence-corrected chi connectivity index (χ1v) is 13.4. The van der Waals surface area contributed by atoms with Gasteiger partial charge >= 0.3 is 0 Å². The van der Waals surface area contributed by atoms with Crippen molar-refractivity contribution in [3.63, 3.8) is 0 Å². The molecule has 0 aliphatic carbocycles. The molecule has 34 heavy (non-hydrogen) atoms. The highest BCUT2D eigenvalue weighted by Crippen LogP contribution is 2.32. The van der Waals surface area contributed by atoms with Gasteiger partial charge in [-0.05, 0) is 80.3 Å². The fourth-order valence-electron chi connectivity index (χ4n) is 3.56. The highest BCUT2D eigenvalue weighted by atomic mass is 32.2. The number of benzene rings is 2. The third-order valence-corrected chi connectivity index (χ3v) is 9.03. The lowest BCUT2D eigenvalue weighted by Crippen LogP contribution is -2.31. The van der Waals surface area contributed by atoms with E-state index in [1.54, 1.807) is 55.4 Å². The topological polar surface area (TPSA) is 80.2 Å². The van der Waals surface area contributed by atoms with E-state index in [4.69, 9.17) is 4.98 Å². The van der Waals surface area contributed by atoms with Gasteiger partial charge in [0.1, 0.15) is 0 Å². The molecular formula is C26H27N3O3S2. The second-order valence-electron chi connectivity index (χ2n) is 8.66. The molecule has 2 aromatic carbocycles. The van der Waals surface area contributed by atoms with E-state index in [0.717, 1.165) is 26.9 Å². The number of hydrogen-bond donors (Lipinski definition) is 0. The van der Waals surface area contributed by atoms with Crippen LogP contribution < -0.4 is 4.90 Å². The zero-order valence-corrected chi connectivity index (χ0v) is 21.3. The number of sulfone groups is 1. The van der Waals surface area contributed by atoms with Crippen LogP contribution in [0.25, 0.3) is 10.2 Å². The van der Waals surface area contributed by atoms with Crippen LogP contribution in [0.15, 0.2) is 65.8 Å². The van der Waals surface area contributed by atoms with Gasteiger partial charge in [0.15, 0.2) is 15.0 Å². The number of aryl methyl sites for hydroxylation is 2. The minimum absolute atomic E-state index is 0.115. The van der Waals surface area contributed by atoms with Gasteiger partial charge in [0, 0.05) is 12.4 Å². The lowest BCUT2D eigenvalue weighted by Gasteiger charge is -2.20. The Morgan fingerprint density at radius 3 is 2.38 bits per heavy atom. The molecule has 0 bridgehead atoms. The molecule has 2 heterocycles. The van der Waals surface area contributed by atoms with Gasteiger partial charge < -0.3 is 0 Å². The second kappa shape index (κ2) is 9.64. The molecule has 0 fully saturated rings. The van der Waals surface area contributed by atoms with Gasteiger partial charge in [-0.2, -0.15) is 0 Å². The molecule has 0 radical (unpaired) electrons. The first-order chi connectivity index (χ1) is 16.1. The number of pyridine rings is 1. The first-order valence-electron chi connectivity index (χ1n) is 11.0. The summed E-state index contributed by atoms with van der Waals surface area (Å²) in [6, 6.07) is 14.5. The third-order valence-electron chi connectivity index (χ3n) is 5.82. The highest BCUT2D eigenvalue weighted by Gasteiger charge is 2.22. The number of nitrogens with zero attached hydrogens (tertiary/aromatic N) is 3. The maximum absolute atomic E-state index is 13.5. The molecule has 0 saturated carbocycles. The number of rotatable bonds is 7. The van der Waals surface area contributed by atoms with Crippen LogP contribution >= 0.6 is 11.3 Å². The Bertz CT molecular complexity index is 1390. The number of carbonyl (C=O) groups excluding carboxylic acids is 1. The monoisotopic (exact) mass is 493 g/mol. The minimum Gasteiger partial charge on any atom is -0.283 e. The normalized spacial score (nSPS) is 11.8. The van der Waals surface area contributed by atoms with Crippen molar-refractivity contribution in [2.75, 3.05) is 4.90 Å².